The largest absolute Gasteiger partial charge is 0.342 e. The van der Waals surface area contributed by atoms with Crippen LogP contribution in [-0.2, 0) is 0 Å². The molecule has 1 amide bonds. The Morgan fingerprint density at radius 2 is 2.20 bits per heavy atom. The lowest BCUT2D eigenvalue weighted by Gasteiger charge is -2.14. The highest BCUT2D eigenvalue weighted by Crippen LogP contribution is 2.20. The SMILES string of the molecule is Cc1cc(Cl)cc(C(=O)N[C@@H](C)c2ncnn2-c2ncc(C#N)s2)c1. The first kappa shape index (κ1) is 17.1. The molecule has 3 rings (SSSR count). The standard InChI is InChI=1S/C16H13ClN6OS/c1-9-3-11(5-12(17)4-9)15(24)22-10(2)14-20-8-21-23(14)16-19-7-13(6-18)25-16/h3-5,7-8,10H,1-2H3,(H,22,24)/t10-/m0/s1. The second-order valence-electron chi connectivity index (χ2n) is 5.36. The van der Waals surface area contributed by atoms with E-state index >= 15 is 0 Å². The maximum Gasteiger partial charge on any atom is 0.251 e. The van der Waals surface area contributed by atoms with E-state index in [2.05, 4.69) is 20.4 Å². The monoisotopic (exact) mass is 372 g/mol. The van der Waals surface area contributed by atoms with Gasteiger partial charge in [0.2, 0.25) is 5.13 Å². The summed E-state index contributed by atoms with van der Waals surface area (Å²) in [6.45, 7) is 3.67. The van der Waals surface area contributed by atoms with Gasteiger partial charge in [0.15, 0.2) is 5.82 Å². The van der Waals surface area contributed by atoms with E-state index in [1.54, 1.807) is 25.1 Å². The zero-order valence-corrected chi connectivity index (χ0v) is 15.0. The molecule has 0 aliphatic rings. The van der Waals surface area contributed by atoms with Gasteiger partial charge in [-0.15, -0.1) is 0 Å². The van der Waals surface area contributed by atoms with Crippen LogP contribution in [0.25, 0.3) is 5.13 Å². The number of hydrogen-bond acceptors (Lipinski definition) is 6. The van der Waals surface area contributed by atoms with Gasteiger partial charge in [0, 0.05) is 10.6 Å². The minimum atomic E-state index is -0.413. The molecule has 0 radical (unpaired) electrons. The Bertz CT molecular complexity index is 953. The number of halogens is 1. The number of thiazole rings is 1. The van der Waals surface area contributed by atoms with Crippen LogP contribution < -0.4 is 5.32 Å². The third-order valence-corrected chi connectivity index (χ3v) is 4.49. The highest BCUT2D eigenvalue weighted by atomic mass is 35.5. The van der Waals surface area contributed by atoms with Crippen LogP contribution in [0.3, 0.4) is 0 Å². The van der Waals surface area contributed by atoms with Crippen LogP contribution in [0.1, 0.15) is 39.6 Å². The maximum atomic E-state index is 12.5. The van der Waals surface area contributed by atoms with Gasteiger partial charge in [-0.2, -0.15) is 15.0 Å². The van der Waals surface area contributed by atoms with Crippen LogP contribution in [0.15, 0.2) is 30.7 Å². The molecule has 1 atom stereocenters. The molecule has 2 heterocycles. The summed E-state index contributed by atoms with van der Waals surface area (Å²) >= 11 is 7.21. The average Bonchev–Trinajstić information content (AvgIpc) is 3.22. The van der Waals surface area contributed by atoms with Gasteiger partial charge in [0.25, 0.3) is 5.91 Å². The van der Waals surface area contributed by atoms with Crippen molar-refractivity contribution in [1.29, 1.82) is 5.26 Å². The molecule has 1 N–H and O–H groups in total. The number of rotatable bonds is 4. The first-order chi connectivity index (χ1) is 12.0. The highest BCUT2D eigenvalue weighted by Gasteiger charge is 2.19. The zero-order valence-electron chi connectivity index (χ0n) is 13.4. The minimum absolute atomic E-state index is 0.260. The summed E-state index contributed by atoms with van der Waals surface area (Å²) in [7, 11) is 0. The molecule has 25 heavy (non-hydrogen) atoms. The molecule has 0 bridgehead atoms. The van der Waals surface area contributed by atoms with Crippen molar-refractivity contribution in [3.63, 3.8) is 0 Å². The van der Waals surface area contributed by atoms with Crippen molar-refractivity contribution in [3.05, 3.63) is 57.6 Å². The highest BCUT2D eigenvalue weighted by molar-refractivity contribution is 7.14. The summed E-state index contributed by atoms with van der Waals surface area (Å²) in [5.74, 6) is 0.260. The van der Waals surface area contributed by atoms with Crippen molar-refractivity contribution in [3.8, 4) is 11.2 Å². The van der Waals surface area contributed by atoms with Crippen molar-refractivity contribution in [2.45, 2.75) is 19.9 Å². The van der Waals surface area contributed by atoms with E-state index in [-0.39, 0.29) is 5.91 Å². The minimum Gasteiger partial charge on any atom is -0.342 e. The van der Waals surface area contributed by atoms with Gasteiger partial charge >= 0.3 is 0 Å². The molecule has 0 saturated carbocycles. The molecule has 0 fully saturated rings. The summed E-state index contributed by atoms with van der Waals surface area (Å²) in [4.78, 5) is 21.3. The number of nitrogens with one attached hydrogen (secondary N) is 1. The van der Waals surface area contributed by atoms with E-state index in [4.69, 9.17) is 16.9 Å². The quantitative estimate of drug-likeness (QED) is 0.759. The first-order valence-corrected chi connectivity index (χ1v) is 8.51. The van der Waals surface area contributed by atoms with Crippen LogP contribution in [-0.4, -0.2) is 25.7 Å². The average molecular weight is 373 g/mol. The lowest BCUT2D eigenvalue weighted by Crippen LogP contribution is -2.28. The van der Waals surface area contributed by atoms with Gasteiger partial charge in [0.05, 0.1) is 12.2 Å². The van der Waals surface area contributed by atoms with E-state index in [0.29, 0.717) is 26.4 Å². The Hall–Kier alpha value is -2.76. The number of nitrogens with zero attached hydrogens (tertiary/aromatic N) is 5. The van der Waals surface area contributed by atoms with E-state index < -0.39 is 6.04 Å². The van der Waals surface area contributed by atoms with Crippen LogP contribution in [0, 0.1) is 18.3 Å². The van der Waals surface area contributed by atoms with Crippen LogP contribution >= 0.6 is 22.9 Å². The fourth-order valence-corrected chi connectivity index (χ4v) is 3.29. The van der Waals surface area contributed by atoms with Crippen LogP contribution in [0.4, 0.5) is 0 Å². The topological polar surface area (TPSA) is 96.5 Å². The fraction of sp³-hybridized carbons (Fsp3) is 0.188. The van der Waals surface area contributed by atoms with Gasteiger partial charge in [-0.25, -0.2) is 9.97 Å². The predicted molar refractivity (Wildman–Crippen MR) is 93.8 cm³/mol. The molecule has 1 aromatic carbocycles. The number of aromatic nitrogens is 4. The number of carbonyl (C=O) groups is 1. The third-order valence-electron chi connectivity index (χ3n) is 3.40. The van der Waals surface area contributed by atoms with Crippen molar-refractivity contribution in [1.82, 2.24) is 25.1 Å². The van der Waals surface area contributed by atoms with Gasteiger partial charge in [-0.05, 0) is 37.6 Å². The second-order valence-corrected chi connectivity index (χ2v) is 6.81. The summed E-state index contributed by atoms with van der Waals surface area (Å²) in [6.07, 6.45) is 2.86. The normalized spacial score (nSPS) is 11.8. The smallest absolute Gasteiger partial charge is 0.251 e. The van der Waals surface area contributed by atoms with Crippen molar-refractivity contribution in [2.24, 2.45) is 0 Å². The third kappa shape index (κ3) is 3.68. The van der Waals surface area contributed by atoms with Crippen molar-refractivity contribution in [2.75, 3.05) is 0 Å². The number of carbonyl (C=O) groups excluding carboxylic acids is 1. The summed E-state index contributed by atoms with van der Waals surface area (Å²) in [6, 6.07) is 6.78. The Kier molecular flexibility index (Phi) is 4.79. The van der Waals surface area contributed by atoms with E-state index in [9.17, 15) is 4.79 Å². The molecule has 9 heteroatoms. The number of amides is 1. The van der Waals surface area contributed by atoms with E-state index in [1.165, 1.54) is 28.5 Å². The lowest BCUT2D eigenvalue weighted by molar-refractivity contribution is 0.0938. The van der Waals surface area contributed by atoms with Crippen molar-refractivity contribution >= 4 is 28.8 Å². The molecule has 126 valence electrons. The van der Waals surface area contributed by atoms with E-state index in [1.807, 2.05) is 13.0 Å². The zero-order chi connectivity index (χ0) is 18.0. The summed E-state index contributed by atoms with van der Waals surface area (Å²) in [5, 5.41) is 17.0. The number of hydrogen-bond donors (Lipinski definition) is 1. The molecule has 3 aromatic rings. The molecule has 0 spiro atoms. The lowest BCUT2D eigenvalue weighted by atomic mass is 10.1. The fourth-order valence-electron chi connectivity index (χ4n) is 2.32. The Labute approximate surface area is 152 Å². The Morgan fingerprint density at radius 3 is 2.88 bits per heavy atom. The Balaban J connectivity index is 1.82. The molecule has 0 aliphatic carbocycles. The molecule has 0 saturated heterocycles. The van der Waals surface area contributed by atoms with Gasteiger partial charge in [0.1, 0.15) is 17.3 Å². The first-order valence-electron chi connectivity index (χ1n) is 7.32. The van der Waals surface area contributed by atoms with E-state index in [0.717, 1.165) is 5.56 Å². The number of benzene rings is 1. The van der Waals surface area contributed by atoms with Crippen molar-refractivity contribution < 1.29 is 4.79 Å². The van der Waals surface area contributed by atoms with Gasteiger partial charge in [-0.1, -0.05) is 22.9 Å². The van der Waals surface area contributed by atoms with Crippen LogP contribution in [0.2, 0.25) is 5.02 Å². The summed E-state index contributed by atoms with van der Waals surface area (Å²) in [5.41, 5.74) is 1.38. The van der Waals surface area contributed by atoms with Gasteiger partial charge in [-0.3, -0.25) is 4.79 Å². The number of nitriles is 1. The molecular weight excluding hydrogens is 360 g/mol. The second kappa shape index (κ2) is 7.01. The molecule has 7 nitrogen and oxygen atoms in total. The molecular formula is C16H13ClN6OS. The number of aryl methyl sites for hydroxylation is 1. The molecule has 0 unspecified atom stereocenters. The maximum absolute atomic E-state index is 12.5. The predicted octanol–water partition coefficient (Wildman–Crippen LogP) is 3.05. The Morgan fingerprint density at radius 1 is 1.40 bits per heavy atom. The van der Waals surface area contributed by atoms with Gasteiger partial charge < -0.3 is 5.32 Å². The molecule has 2 aromatic heterocycles. The van der Waals surface area contributed by atoms with Crippen LogP contribution in [0.5, 0.6) is 0 Å². The summed E-state index contributed by atoms with van der Waals surface area (Å²) < 4.78 is 1.51. The molecule has 0 aliphatic heterocycles.